The molecule has 0 amide bonds. The van der Waals surface area contributed by atoms with E-state index in [1.807, 2.05) is 18.2 Å². The molecule has 0 bridgehead atoms. The maximum atomic E-state index is 15.4. The lowest BCUT2D eigenvalue weighted by Gasteiger charge is -2.44. The number of pyridine rings is 1. The number of hydrogen-bond donors (Lipinski definition) is 0. The number of aryl methyl sites for hydroxylation is 1. The van der Waals surface area contributed by atoms with Crippen LogP contribution in [0.25, 0.3) is 10.8 Å². The molecule has 0 N–H and O–H groups in total. The molecule has 0 spiro atoms. The highest BCUT2D eigenvalue weighted by Crippen LogP contribution is 2.33. The summed E-state index contributed by atoms with van der Waals surface area (Å²) in [5.41, 5.74) is -10.7. The quantitative estimate of drug-likeness (QED) is 0.0486. The van der Waals surface area contributed by atoms with Crippen LogP contribution in [-0.4, -0.2) is 6.15 Å². The van der Waals surface area contributed by atoms with Crippen molar-refractivity contribution >= 4 is 38.8 Å². The Labute approximate surface area is 385 Å². The van der Waals surface area contributed by atoms with E-state index in [4.69, 9.17) is 4.74 Å². The van der Waals surface area contributed by atoms with Crippen molar-refractivity contribution in [2.75, 3.05) is 0 Å². The summed E-state index contributed by atoms with van der Waals surface area (Å²) in [6.07, 6.45) is -5.11. The minimum Gasteiger partial charge on any atom is -0.404 e. The molecule has 368 valence electrons. The number of nitrogens with zero attached hydrogens (tertiary/aromatic N) is 1. The zero-order chi connectivity index (χ0) is 52.3. The largest absolute Gasteiger partial charge is 0.404 e. The number of fused-ring (bicyclic) bond motifs is 1. The van der Waals surface area contributed by atoms with Gasteiger partial charge < -0.3 is 4.74 Å². The summed E-state index contributed by atoms with van der Waals surface area (Å²) in [6.45, 7) is 4.99. The van der Waals surface area contributed by atoms with E-state index < -0.39 is 144 Å². The van der Waals surface area contributed by atoms with Gasteiger partial charge in [0.15, 0.2) is 82.5 Å². The van der Waals surface area contributed by atoms with Gasteiger partial charge in [-0.15, -0.1) is 21.9 Å². The summed E-state index contributed by atoms with van der Waals surface area (Å²) in [4.78, 5) is 0. The van der Waals surface area contributed by atoms with Gasteiger partial charge in [0.25, 0.3) is 0 Å². The smallest absolute Gasteiger partial charge is 0.381 e. The SMILES string of the molecule is Cc1cccc(Oc2c3ccccc3cc[n+]2Cc2ccccc2)c1C.Fc1c(F)c(F)c([B-](c2c(F)c(F)c(F)c(F)c2F)(c2c(F)c(F)c(F)c(F)c2F)c2c(F)c(F)c(F)c(F)c2F)c(F)c1F. The lowest BCUT2D eigenvalue weighted by atomic mass is 9.12. The second-order valence-corrected chi connectivity index (χ2v) is 15.4. The number of rotatable bonds is 8. The van der Waals surface area contributed by atoms with Crippen LogP contribution in [0.1, 0.15) is 16.7 Å². The summed E-state index contributed by atoms with van der Waals surface area (Å²) in [6, 6.07) is 27.2. The molecule has 0 saturated heterocycles. The zero-order valence-corrected chi connectivity index (χ0v) is 35.3. The molecule has 8 rings (SSSR count). The minimum atomic E-state index is -7.22. The first-order chi connectivity index (χ1) is 33.4. The molecule has 2 nitrogen and oxygen atoms in total. The molecule has 0 aliphatic rings. The molecular weight excluding hydrogens is 997 g/mol. The van der Waals surface area contributed by atoms with Gasteiger partial charge in [0.1, 0.15) is 58.4 Å². The summed E-state index contributed by atoms with van der Waals surface area (Å²) in [5.74, 6) is -69.6. The molecule has 71 heavy (non-hydrogen) atoms. The van der Waals surface area contributed by atoms with E-state index in [0.29, 0.717) is 0 Å². The van der Waals surface area contributed by atoms with Crippen LogP contribution in [0, 0.1) is 130 Å². The van der Waals surface area contributed by atoms with Gasteiger partial charge in [0, 0.05) is 11.6 Å². The van der Waals surface area contributed by atoms with Gasteiger partial charge in [-0.2, -0.15) is 4.57 Å². The number of hydrogen-bond acceptors (Lipinski definition) is 1. The molecule has 7 aromatic carbocycles. The lowest BCUT2D eigenvalue weighted by molar-refractivity contribution is -0.691. The van der Waals surface area contributed by atoms with Gasteiger partial charge in [-0.1, -0.05) is 60.7 Å². The van der Waals surface area contributed by atoms with Gasteiger partial charge in [-0.3, -0.25) is 0 Å². The van der Waals surface area contributed by atoms with Crippen molar-refractivity contribution in [1.82, 2.24) is 0 Å². The molecule has 0 radical (unpaired) electrons. The summed E-state index contributed by atoms with van der Waals surface area (Å²) < 4.78 is 303. The Bertz CT molecular complexity index is 3080. The Morgan fingerprint density at radius 3 is 1.08 bits per heavy atom. The number of aromatic nitrogens is 1. The highest BCUT2D eigenvalue weighted by molar-refractivity contribution is 7.20. The van der Waals surface area contributed by atoms with Crippen molar-refractivity contribution in [3.8, 4) is 11.6 Å². The number of ether oxygens (including phenoxy) is 1. The van der Waals surface area contributed by atoms with Crippen molar-refractivity contribution in [1.29, 1.82) is 0 Å². The van der Waals surface area contributed by atoms with E-state index in [2.05, 4.69) is 85.3 Å². The predicted molar refractivity (Wildman–Crippen MR) is 215 cm³/mol. The highest BCUT2D eigenvalue weighted by Gasteiger charge is 2.52. The molecule has 0 fully saturated rings. The van der Waals surface area contributed by atoms with Crippen molar-refractivity contribution < 1.29 is 97.1 Å². The lowest BCUT2D eigenvalue weighted by Crippen LogP contribution is -2.81. The Hall–Kier alpha value is -7.59. The van der Waals surface area contributed by atoms with E-state index >= 15 is 35.1 Å². The van der Waals surface area contributed by atoms with Crippen LogP contribution < -0.4 is 31.2 Å². The van der Waals surface area contributed by atoms with Crippen LogP contribution in [-0.2, 0) is 6.54 Å². The Morgan fingerprint density at radius 2 is 0.704 bits per heavy atom. The number of halogens is 20. The molecule has 23 heteroatoms. The molecular formula is C48H22BF20NO. The third-order valence-electron chi connectivity index (χ3n) is 11.6. The summed E-state index contributed by atoms with van der Waals surface area (Å²) in [5, 5.41) is 2.30. The van der Waals surface area contributed by atoms with E-state index in [-0.39, 0.29) is 0 Å². The van der Waals surface area contributed by atoms with E-state index in [9.17, 15) is 52.7 Å². The van der Waals surface area contributed by atoms with Gasteiger partial charge in [0.2, 0.25) is 0 Å². The fraction of sp³-hybridized carbons (Fsp3) is 0.0625. The van der Waals surface area contributed by atoms with Crippen LogP contribution in [0.3, 0.4) is 0 Å². The maximum Gasteiger partial charge on any atom is 0.381 e. The van der Waals surface area contributed by atoms with Crippen molar-refractivity contribution in [2.24, 2.45) is 0 Å². The summed E-state index contributed by atoms with van der Waals surface area (Å²) >= 11 is 0. The fourth-order valence-electron chi connectivity index (χ4n) is 8.06. The molecule has 0 unspecified atom stereocenters. The van der Waals surface area contributed by atoms with Crippen molar-refractivity contribution in [3.63, 3.8) is 0 Å². The average Bonchev–Trinajstić information content (AvgIpc) is 3.36. The van der Waals surface area contributed by atoms with Crippen LogP contribution in [0.2, 0.25) is 0 Å². The minimum absolute atomic E-state index is 0.770. The standard InChI is InChI=1S/C24BF20.C24H22NO/c26-5-1(6(27)14(35)21(42)13(5)34)25(2-7(28)15(36)22(43)16(37)8(2)29,3-9(30)17(38)23(44)18(39)10(3)31)4-11(32)19(40)24(45)20(41)12(4)33;1-18-9-8-14-23(19(18)2)26-24-22-13-7-6-12-21(22)15-16-25(24)17-20-10-4-3-5-11-20/h;3-16H,17H2,1-2H3/q-1;+1. The summed E-state index contributed by atoms with van der Waals surface area (Å²) in [7, 11) is 0. The molecule has 1 heterocycles. The van der Waals surface area contributed by atoms with Gasteiger partial charge in [0.05, 0.1) is 5.39 Å². The zero-order valence-electron chi connectivity index (χ0n) is 35.3. The first-order valence-electron chi connectivity index (χ1n) is 19.8. The third-order valence-corrected chi connectivity index (χ3v) is 11.6. The highest BCUT2D eigenvalue weighted by atomic mass is 19.2. The fourth-order valence-corrected chi connectivity index (χ4v) is 8.06. The molecule has 0 atom stereocenters. The maximum absolute atomic E-state index is 15.4. The molecule has 0 aliphatic heterocycles. The van der Waals surface area contributed by atoms with Crippen LogP contribution >= 0.6 is 0 Å². The second-order valence-electron chi connectivity index (χ2n) is 15.4. The first kappa shape index (κ1) is 51.3. The topological polar surface area (TPSA) is 13.1 Å². The normalized spacial score (nSPS) is 11.6. The van der Waals surface area contributed by atoms with Crippen LogP contribution in [0.5, 0.6) is 11.6 Å². The third kappa shape index (κ3) is 8.23. The average molecular weight is 1020 g/mol. The Kier molecular flexibility index (Phi) is 13.9. The predicted octanol–water partition coefficient (Wildman–Crippen LogP) is 11.4. The Morgan fingerprint density at radius 1 is 0.366 bits per heavy atom. The number of benzene rings is 7. The van der Waals surface area contributed by atoms with E-state index in [0.717, 1.165) is 23.6 Å². The van der Waals surface area contributed by atoms with Crippen molar-refractivity contribution in [2.45, 2.75) is 20.4 Å². The van der Waals surface area contributed by atoms with Gasteiger partial charge in [-0.25, -0.2) is 87.8 Å². The van der Waals surface area contributed by atoms with Crippen molar-refractivity contribution in [3.05, 3.63) is 218 Å². The first-order valence-corrected chi connectivity index (χ1v) is 19.8. The molecule has 0 saturated carbocycles. The molecule has 1 aromatic heterocycles. The second kappa shape index (κ2) is 19.3. The molecule has 0 aliphatic carbocycles. The van der Waals surface area contributed by atoms with Gasteiger partial charge >= 0.3 is 5.88 Å². The van der Waals surface area contributed by atoms with E-state index in [1.54, 1.807) is 0 Å². The monoisotopic (exact) mass is 1020 g/mol. The van der Waals surface area contributed by atoms with Crippen LogP contribution in [0.4, 0.5) is 87.8 Å². The molecule has 8 aromatic rings. The van der Waals surface area contributed by atoms with Crippen LogP contribution in [0.15, 0.2) is 85.1 Å². The van der Waals surface area contributed by atoms with Gasteiger partial charge in [-0.05, 0) is 42.5 Å². The Balaban J connectivity index is 0.000000240. The van der Waals surface area contributed by atoms with E-state index in [1.165, 1.54) is 22.1 Å².